The lowest BCUT2D eigenvalue weighted by Gasteiger charge is -2.71. The monoisotopic (exact) mass is 643 g/mol. The normalized spacial score (nSPS) is 39.5. The molecule has 3 fully saturated rings. The highest BCUT2D eigenvalue weighted by Crippen LogP contribution is 2.78. The molecule has 0 saturated heterocycles. The van der Waals surface area contributed by atoms with Crippen LogP contribution in [-0.4, -0.2) is 59.8 Å². The van der Waals surface area contributed by atoms with Gasteiger partial charge in [0.1, 0.15) is 0 Å². The summed E-state index contributed by atoms with van der Waals surface area (Å²) in [5, 5.41) is 23.5. The van der Waals surface area contributed by atoms with E-state index in [1.165, 1.54) is 10.6 Å². The Bertz CT molecular complexity index is 1700. The fraction of sp³-hybridized carbons (Fsp3) is 0.564. The summed E-state index contributed by atoms with van der Waals surface area (Å²) in [5.41, 5.74) is 0.744. The smallest absolute Gasteiger partial charge is 0.211 e. The molecular weight excluding hydrogens is 594 g/mol. The maximum absolute atomic E-state index is 14.9. The van der Waals surface area contributed by atoms with Crippen molar-refractivity contribution in [3.05, 3.63) is 84.0 Å². The standard InChI is InChI=1S/C39H49NO5S/c1-5-23-40(46(4,44)45)26-38(43)20-17-33-36(38,3)19-16-32-35(2)18-15-30(41)24-37(35)21-22-39(32,33)31(25-37)34(42)29-13-11-28(12-14-29)27-9-7-6-8-10-27/h6-14,21-22,25,30,32-33,41,43H,5,15-20,23-24,26H2,1-4H3. The fourth-order valence-electron chi connectivity index (χ4n) is 11.1. The molecule has 8 unspecified atom stereocenters. The highest BCUT2D eigenvalue weighted by atomic mass is 32.2. The van der Waals surface area contributed by atoms with Gasteiger partial charge in [-0.2, -0.15) is 4.31 Å². The minimum atomic E-state index is -3.50. The van der Waals surface area contributed by atoms with Gasteiger partial charge in [-0.25, -0.2) is 8.42 Å². The number of hydrogen-bond acceptors (Lipinski definition) is 5. The van der Waals surface area contributed by atoms with E-state index in [2.05, 4.69) is 44.2 Å². The topological polar surface area (TPSA) is 94.9 Å². The van der Waals surface area contributed by atoms with E-state index in [-0.39, 0.29) is 29.6 Å². The molecule has 46 heavy (non-hydrogen) atoms. The van der Waals surface area contributed by atoms with Crippen molar-refractivity contribution in [1.29, 1.82) is 0 Å². The Labute approximate surface area is 274 Å². The largest absolute Gasteiger partial charge is 0.393 e. The summed E-state index contributed by atoms with van der Waals surface area (Å²) in [6, 6.07) is 18.1. The second-order valence-electron chi connectivity index (χ2n) is 15.7. The number of carbonyl (C=O) groups is 1. The predicted octanol–water partition coefficient (Wildman–Crippen LogP) is 6.80. The van der Waals surface area contributed by atoms with Crippen LogP contribution >= 0.6 is 0 Å². The quantitative estimate of drug-likeness (QED) is 0.244. The number of nitrogens with zero attached hydrogens (tertiary/aromatic N) is 1. The van der Waals surface area contributed by atoms with Crippen molar-refractivity contribution in [1.82, 2.24) is 4.31 Å². The third-order valence-corrected chi connectivity index (χ3v) is 14.8. The lowest BCUT2D eigenvalue weighted by atomic mass is 9.32. The van der Waals surface area contributed by atoms with E-state index in [1.54, 1.807) is 0 Å². The van der Waals surface area contributed by atoms with Crippen LogP contribution in [0.25, 0.3) is 11.1 Å². The SMILES string of the molecule is CCCN(CC1(O)CCC2C34C=CC5(C=C3C(=O)c3ccc(-c6ccccc6)cc3)CC(O)CCC5(C)C4CCC21C)S(C)(=O)=O. The van der Waals surface area contributed by atoms with Gasteiger partial charge in [0.15, 0.2) is 5.78 Å². The van der Waals surface area contributed by atoms with Gasteiger partial charge in [-0.1, -0.05) is 93.6 Å². The molecule has 246 valence electrons. The number of aliphatic hydroxyl groups excluding tert-OH is 1. The molecule has 0 heterocycles. The number of Topliss-reactive ketones (excluding diaryl/α,β-unsaturated/α-hetero) is 1. The molecule has 6 nitrogen and oxygen atoms in total. The minimum Gasteiger partial charge on any atom is -0.393 e. The van der Waals surface area contributed by atoms with Crippen LogP contribution in [0.2, 0.25) is 0 Å². The van der Waals surface area contributed by atoms with E-state index in [0.717, 1.165) is 48.8 Å². The first kappa shape index (κ1) is 32.0. The van der Waals surface area contributed by atoms with Crippen LogP contribution in [0.15, 0.2) is 78.4 Å². The summed E-state index contributed by atoms with van der Waals surface area (Å²) in [6.07, 6.45) is 13.5. The number of allylic oxidation sites excluding steroid dienone is 4. The van der Waals surface area contributed by atoms with E-state index in [0.29, 0.717) is 31.4 Å². The number of rotatable bonds is 8. The Kier molecular flexibility index (Phi) is 7.45. The molecule has 6 aliphatic rings. The second-order valence-corrected chi connectivity index (χ2v) is 17.7. The molecule has 2 aromatic rings. The first-order valence-electron chi connectivity index (χ1n) is 17.2. The summed E-state index contributed by atoms with van der Waals surface area (Å²) in [4.78, 5) is 14.9. The fourth-order valence-corrected chi connectivity index (χ4v) is 12.1. The number of fused-ring (bicyclic) bond motifs is 1. The molecule has 8 rings (SSSR count). The third-order valence-electron chi connectivity index (χ3n) is 13.6. The lowest BCUT2D eigenvalue weighted by Crippen LogP contribution is -2.67. The molecule has 0 amide bonds. The summed E-state index contributed by atoms with van der Waals surface area (Å²) < 4.78 is 27.1. The summed E-state index contributed by atoms with van der Waals surface area (Å²) >= 11 is 0. The summed E-state index contributed by atoms with van der Waals surface area (Å²) in [6.45, 7) is 6.96. The van der Waals surface area contributed by atoms with Gasteiger partial charge < -0.3 is 10.2 Å². The van der Waals surface area contributed by atoms with Crippen LogP contribution in [0.1, 0.15) is 82.5 Å². The van der Waals surface area contributed by atoms with Crippen LogP contribution in [0, 0.1) is 33.5 Å². The molecule has 2 spiro atoms. The van der Waals surface area contributed by atoms with E-state index >= 15 is 0 Å². The van der Waals surface area contributed by atoms with Gasteiger partial charge in [-0.05, 0) is 79.7 Å². The number of benzene rings is 2. The van der Waals surface area contributed by atoms with E-state index in [9.17, 15) is 23.4 Å². The van der Waals surface area contributed by atoms with Crippen LogP contribution in [-0.2, 0) is 10.0 Å². The Morgan fingerprint density at radius 1 is 0.891 bits per heavy atom. The highest BCUT2D eigenvalue weighted by Gasteiger charge is 2.74. The van der Waals surface area contributed by atoms with Crippen LogP contribution in [0.5, 0.6) is 0 Å². The van der Waals surface area contributed by atoms with Gasteiger partial charge in [-0.3, -0.25) is 4.79 Å². The van der Waals surface area contributed by atoms with Crippen molar-refractivity contribution in [3.63, 3.8) is 0 Å². The maximum atomic E-state index is 14.9. The van der Waals surface area contributed by atoms with Gasteiger partial charge in [0.25, 0.3) is 0 Å². The van der Waals surface area contributed by atoms with Crippen molar-refractivity contribution in [2.45, 2.75) is 83.8 Å². The Balaban J connectivity index is 1.33. The second kappa shape index (κ2) is 10.7. The Morgan fingerprint density at radius 3 is 2.20 bits per heavy atom. The van der Waals surface area contributed by atoms with Crippen molar-refractivity contribution in [2.24, 2.45) is 33.5 Å². The van der Waals surface area contributed by atoms with Gasteiger partial charge in [0, 0.05) is 40.5 Å². The highest BCUT2D eigenvalue weighted by molar-refractivity contribution is 7.88. The number of aliphatic hydroxyl groups is 2. The van der Waals surface area contributed by atoms with Crippen molar-refractivity contribution >= 4 is 15.8 Å². The molecule has 2 aromatic carbocycles. The zero-order chi connectivity index (χ0) is 32.8. The number of ketones is 1. The van der Waals surface area contributed by atoms with Crippen LogP contribution in [0.3, 0.4) is 0 Å². The average Bonchev–Trinajstić information content (AvgIpc) is 3.30. The molecule has 2 N–H and O–H groups in total. The van der Waals surface area contributed by atoms with Crippen LogP contribution in [0.4, 0.5) is 0 Å². The Morgan fingerprint density at radius 2 is 1.52 bits per heavy atom. The van der Waals surface area contributed by atoms with Crippen molar-refractivity contribution in [3.8, 4) is 11.1 Å². The average molecular weight is 644 g/mol. The molecule has 2 bridgehead atoms. The predicted molar refractivity (Wildman–Crippen MR) is 181 cm³/mol. The summed E-state index contributed by atoms with van der Waals surface area (Å²) in [7, 11) is -3.50. The van der Waals surface area contributed by atoms with E-state index in [1.807, 2.05) is 49.4 Å². The maximum Gasteiger partial charge on any atom is 0.211 e. The van der Waals surface area contributed by atoms with Crippen molar-refractivity contribution < 1.29 is 23.4 Å². The van der Waals surface area contributed by atoms with Crippen LogP contribution < -0.4 is 0 Å². The van der Waals surface area contributed by atoms with Gasteiger partial charge in [-0.15, -0.1) is 0 Å². The van der Waals surface area contributed by atoms with E-state index < -0.39 is 38.0 Å². The number of sulfonamides is 1. The molecule has 3 saturated carbocycles. The lowest BCUT2D eigenvalue weighted by molar-refractivity contribution is -0.173. The molecular formula is C39H49NO5S. The van der Waals surface area contributed by atoms with Gasteiger partial charge >= 0.3 is 0 Å². The number of carbonyl (C=O) groups excluding carboxylic acids is 1. The zero-order valence-corrected chi connectivity index (χ0v) is 28.5. The first-order chi connectivity index (χ1) is 21.7. The molecule has 7 heteroatoms. The molecule has 0 radical (unpaired) electrons. The minimum absolute atomic E-state index is 0.0243. The third kappa shape index (κ3) is 4.37. The molecule has 6 aliphatic carbocycles. The van der Waals surface area contributed by atoms with Gasteiger partial charge in [0.05, 0.1) is 18.0 Å². The number of hydrogen-bond donors (Lipinski definition) is 2. The molecule has 0 aliphatic heterocycles. The summed E-state index contributed by atoms with van der Waals surface area (Å²) in [5.74, 6) is 0.190. The van der Waals surface area contributed by atoms with Gasteiger partial charge in [0.2, 0.25) is 10.0 Å². The zero-order valence-electron chi connectivity index (χ0n) is 27.7. The molecule has 8 atom stereocenters. The molecule has 0 aromatic heterocycles. The van der Waals surface area contributed by atoms with E-state index in [4.69, 9.17) is 0 Å². The van der Waals surface area contributed by atoms with Crippen molar-refractivity contribution in [2.75, 3.05) is 19.3 Å². The first-order valence-corrected chi connectivity index (χ1v) is 19.1. The Hall–Kier alpha value is -2.58.